The maximum atomic E-state index is 13.3. The first-order valence-electron chi connectivity index (χ1n) is 8.47. The van der Waals surface area contributed by atoms with E-state index < -0.39 is 0 Å². The average molecular weight is 330 g/mol. The van der Waals surface area contributed by atoms with Crippen LogP contribution in [0.1, 0.15) is 32.6 Å². The highest BCUT2D eigenvalue weighted by Crippen LogP contribution is 2.21. The molecular formula is C18H23FN4O. The van der Waals surface area contributed by atoms with Crippen LogP contribution in [0.15, 0.2) is 30.3 Å². The number of likely N-dealkylation sites (tertiary alicyclic amines) is 1. The zero-order chi connectivity index (χ0) is 16.9. The highest BCUT2D eigenvalue weighted by molar-refractivity contribution is 5.90. The quantitative estimate of drug-likeness (QED) is 0.853. The van der Waals surface area contributed by atoms with Crippen molar-refractivity contribution in [1.29, 1.82) is 0 Å². The molecule has 1 aromatic heterocycles. The average Bonchev–Trinajstić information content (AvgIpc) is 3.17. The fourth-order valence-electron chi connectivity index (χ4n) is 3.16. The largest absolute Gasteiger partial charge is 0.311 e. The fraction of sp³-hybridized carbons (Fsp3) is 0.444. The molecule has 0 aliphatic carbocycles. The van der Waals surface area contributed by atoms with Gasteiger partial charge in [-0.15, -0.1) is 0 Å². The molecule has 1 aromatic carbocycles. The van der Waals surface area contributed by atoms with Gasteiger partial charge in [0, 0.05) is 24.1 Å². The molecule has 0 radical (unpaired) electrons. The summed E-state index contributed by atoms with van der Waals surface area (Å²) in [5, 5.41) is 9.71. The molecule has 2 heterocycles. The van der Waals surface area contributed by atoms with Crippen molar-refractivity contribution in [3.63, 3.8) is 0 Å². The van der Waals surface area contributed by atoms with Gasteiger partial charge in [0.15, 0.2) is 0 Å². The number of aromatic nitrogens is 2. The molecule has 1 fully saturated rings. The zero-order valence-corrected chi connectivity index (χ0v) is 13.9. The number of carbonyl (C=O) groups excluding carboxylic acids is 1. The Hall–Kier alpha value is -2.21. The van der Waals surface area contributed by atoms with E-state index in [1.54, 1.807) is 18.2 Å². The van der Waals surface area contributed by atoms with Crippen LogP contribution < -0.4 is 5.32 Å². The van der Waals surface area contributed by atoms with Gasteiger partial charge in [-0.3, -0.25) is 9.89 Å². The molecule has 2 aromatic rings. The van der Waals surface area contributed by atoms with Gasteiger partial charge >= 0.3 is 0 Å². The van der Waals surface area contributed by atoms with Crippen molar-refractivity contribution in [2.24, 2.45) is 0 Å². The maximum Gasteiger partial charge on any atom is 0.225 e. The Morgan fingerprint density at radius 1 is 1.46 bits per heavy atom. The van der Waals surface area contributed by atoms with E-state index in [9.17, 15) is 9.18 Å². The molecule has 1 amide bonds. The van der Waals surface area contributed by atoms with Crippen LogP contribution in [0.25, 0.3) is 11.3 Å². The van der Waals surface area contributed by atoms with Crippen molar-refractivity contribution in [1.82, 2.24) is 15.1 Å². The summed E-state index contributed by atoms with van der Waals surface area (Å²) in [6, 6.07) is 8.57. The van der Waals surface area contributed by atoms with Crippen molar-refractivity contribution < 1.29 is 9.18 Å². The van der Waals surface area contributed by atoms with Gasteiger partial charge in [0.1, 0.15) is 11.6 Å². The van der Waals surface area contributed by atoms with Gasteiger partial charge in [-0.2, -0.15) is 5.10 Å². The summed E-state index contributed by atoms with van der Waals surface area (Å²) in [6.45, 7) is 4.35. The number of halogens is 1. The lowest BCUT2D eigenvalue weighted by atomic mass is 10.1. The second-order valence-electron chi connectivity index (χ2n) is 6.36. The van der Waals surface area contributed by atoms with Crippen LogP contribution >= 0.6 is 0 Å². The third-order valence-corrected chi connectivity index (χ3v) is 4.51. The smallest absolute Gasteiger partial charge is 0.225 e. The SMILES string of the molecule is CC1CCCN1CCCC(=O)Nc1cc(-c2cccc(F)c2)n[nH]1. The van der Waals surface area contributed by atoms with E-state index in [1.165, 1.54) is 25.0 Å². The number of amides is 1. The van der Waals surface area contributed by atoms with E-state index in [4.69, 9.17) is 0 Å². The maximum absolute atomic E-state index is 13.3. The molecule has 1 aliphatic heterocycles. The number of benzene rings is 1. The molecule has 0 saturated carbocycles. The predicted octanol–water partition coefficient (Wildman–Crippen LogP) is 3.42. The van der Waals surface area contributed by atoms with Crippen molar-refractivity contribution in [2.75, 3.05) is 18.4 Å². The molecule has 0 spiro atoms. The van der Waals surface area contributed by atoms with Gasteiger partial charge in [0.05, 0.1) is 5.69 Å². The summed E-state index contributed by atoms with van der Waals surface area (Å²) in [5.41, 5.74) is 1.28. The van der Waals surface area contributed by atoms with Crippen LogP contribution in [0.5, 0.6) is 0 Å². The Balaban J connectivity index is 1.48. The van der Waals surface area contributed by atoms with Crippen molar-refractivity contribution >= 4 is 11.7 Å². The van der Waals surface area contributed by atoms with Crippen LogP contribution in [-0.2, 0) is 4.79 Å². The molecule has 0 bridgehead atoms. The predicted molar refractivity (Wildman–Crippen MR) is 92.1 cm³/mol. The molecule has 1 unspecified atom stereocenters. The number of hydrogen-bond donors (Lipinski definition) is 2. The summed E-state index contributed by atoms with van der Waals surface area (Å²) in [7, 11) is 0. The molecule has 1 saturated heterocycles. The molecule has 1 aliphatic rings. The summed E-state index contributed by atoms with van der Waals surface area (Å²) >= 11 is 0. The van der Waals surface area contributed by atoms with Crippen LogP contribution in [0, 0.1) is 5.82 Å². The lowest BCUT2D eigenvalue weighted by molar-refractivity contribution is -0.116. The van der Waals surface area contributed by atoms with E-state index in [0.717, 1.165) is 19.5 Å². The standard InChI is InChI=1S/C18H23FN4O/c1-13-5-3-9-23(13)10-4-8-18(24)20-17-12-16(21-22-17)14-6-2-7-15(19)11-14/h2,6-7,11-13H,3-5,8-10H2,1H3,(H2,20,21,22,24). The van der Waals surface area contributed by atoms with E-state index >= 15 is 0 Å². The first-order chi connectivity index (χ1) is 11.6. The first kappa shape index (κ1) is 16.6. The van der Waals surface area contributed by atoms with Crippen LogP contribution in [-0.4, -0.2) is 40.1 Å². The second-order valence-corrected chi connectivity index (χ2v) is 6.36. The van der Waals surface area contributed by atoms with Gasteiger partial charge in [-0.25, -0.2) is 4.39 Å². The van der Waals surface area contributed by atoms with Crippen molar-refractivity contribution in [3.8, 4) is 11.3 Å². The molecule has 3 rings (SSSR count). The van der Waals surface area contributed by atoms with Gasteiger partial charge in [-0.1, -0.05) is 12.1 Å². The molecular weight excluding hydrogens is 307 g/mol. The molecule has 24 heavy (non-hydrogen) atoms. The van der Waals surface area contributed by atoms with Crippen LogP contribution in [0.2, 0.25) is 0 Å². The van der Waals surface area contributed by atoms with E-state index in [0.29, 0.717) is 29.5 Å². The highest BCUT2D eigenvalue weighted by atomic mass is 19.1. The molecule has 5 nitrogen and oxygen atoms in total. The van der Waals surface area contributed by atoms with Crippen molar-refractivity contribution in [2.45, 2.75) is 38.6 Å². The van der Waals surface area contributed by atoms with E-state index in [1.807, 2.05) is 0 Å². The normalized spacial score (nSPS) is 18.0. The molecule has 128 valence electrons. The number of hydrogen-bond acceptors (Lipinski definition) is 3. The minimum absolute atomic E-state index is 0.0312. The lowest BCUT2D eigenvalue weighted by Crippen LogP contribution is -2.28. The minimum atomic E-state index is -0.308. The molecule has 2 N–H and O–H groups in total. The lowest BCUT2D eigenvalue weighted by Gasteiger charge is -2.20. The number of carbonyl (C=O) groups is 1. The topological polar surface area (TPSA) is 61.0 Å². The summed E-state index contributed by atoms with van der Waals surface area (Å²) in [5.74, 6) is 0.197. The molecule has 6 heteroatoms. The first-order valence-corrected chi connectivity index (χ1v) is 8.47. The van der Waals surface area contributed by atoms with Gasteiger partial charge in [-0.05, 0) is 51.4 Å². The van der Waals surface area contributed by atoms with Crippen molar-refractivity contribution in [3.05, 3.63) is 36.1 Å². The highest BCUT2D eigenvalue weighted by Gasteiger charge is 2.19. The number of rotatable bonds is 6. The Labute approximate surface area is 141 Å². The Kier molecular flexibility index (Phi) is 5.25. The van der Waals surface area contributed by atoms with Crippen LogP contribution in [0.3, 0.4) is 0 Å². The third-order valence-electron chi connectivity index (χ3n) is 4.51. The van der Waals surface area contributed by atoms with E-state index in [2.05, 4.69) is 27.3 Å². The summed E-state index contributed by atoms with van der Waals surface area (Å²) < 4.78 is 13.3. The Morgan fingerprint density at radius 2 is 2.33 bits per heavy atom. The van der Waals surface area contributed by atoms with Gasteiger partial charge in [0.25, 0.3) is 0 Å². The number of nitrogens with zero attached hydrogens (tertiary/aromatic N) is 2. The Bertz CT molecular complexity index is 700. The van der Waals surface area contributed by atoms with E-state index in [-0.39, 0.29) is 11.7 Å². The van der Waals surface area contributed by atoms with Gasteiger partial charge in [0.2, 0.25) is 5.91 Å². The number of H-pyrrole nitrogens is 1. The monoisotopic (exact) mass is 330 g/mol. The zero-order valence-electron chi connectivity index (χ0n) is 13.9. The number of nitrogens with one attached hydrogen (secondary N) is 2. The summed E-state index contributed by atoms with van der Waals surface area (Å²) in [6.07, 6.45) is 3.84. The Morgan fingerprint density at radius 3 is 3.08 bits per heavy atom. The fourth-order valence-corrected chi connectivity index (χ4v) is 3.16. The van der Waals surface area contributed by atoms with Crippen LogP contribution in [0.4, 0.5) is 10.2 Å². The minimum Gasteiger partial charge on any atom is -0.311 e. The molecule has 1 atom stereocenters. The number of anilines is 1. The number of aromatic amines is 1. The second kappa shape index (κ2) is 7.57. The summed E-state index contributed by atoms with van der Waals surface area (Å²) in [4.78, 5) is 14.5. The van der Waals surface area contributed by atoms with Gasteiger partial charge < -0.3 is 10.2 Å². The third kappa shape index (κ3) is 4.20.